The van der Waals surface area contributed by atoms with Gasteiger partial charge in [-0.1, -0.05) is 32.6 Å². The van der Waals surface area contributed by atoms with Gasteiger partial charge in [0.1, 0.15) is 0 Å². The number of hydrogen-bond acceptors (Lipinski definition) is 3. The molecule has 1 aliphatic carbocycles. The maximum Gasteiger partial charge on any atom is 0.501 e. The van der Waals surface area contributed by atoms with Crippen LogP contribution in [0.2, 0.25) is 6.04 Å². The fraction of sp³-hybridized carbons (Fsp3) is 1.00. The second-order valence-corrected chi connectivity index (χ2v) is 8.35. The summed E-state index contributed by atoms with van der Waals surface area (Å²) in [6.07, 6.45) is 6.86. The minimum atomic E-state index is -2.53. The van der Waals surface area contributed by atoms with Crippen molar-refractivity contribution < 1.29 is 13.3 Å². The molecule has 1 aliphatic rings. The molecule has 0 aromatic carbocycles. The summed E-state index contributed by atoms with van der Waals surface area (Å²) < 4.78 is 18.2. The second kappa shape index (κ2) is 9.35. The molecule has 1 rings (SSSR count). The normalized spacial score (nSPS) is 25.3. The van der Waals surface area contributed by atoms with Crippen LogP contribution in [0.5, 0.6) is 0 Å². The third kappa shape index (κ3) is 5.72. The SMILES string of the molecule is CCC[Si](OCC)(OCC)OC1CCCCCC1Cl. The van der Waals surface area contributed by atoms with Crippen molar-refractivity contribution in [2.45, 2.75) is 76.8 Å². The molecule has 1 fully saturated rings. The van der Waals surface area contributed by atoms with Crippen LogP contribution < -0.4 is 0 Å². The van der Waals surface area contributed by atoms with Crippen molar-refractivity contribution in [2.24, 2.45) is 0 Å². The molecule has 2 atom stereocenters. The molecule has 0 amide bonds. The fourth-order valence-electron chi connectivity index (χ4n) is 2.65. The topological polar surface area (TPSA) is 27.7 Å². The van der Waals surface area contributed by atoms with Crippen LogP contribution in [0, 0.1) is 0 Å². The summed E-state index contributed by atoms with van der Waals surface area (Å²) in [6.45, 7) is 7.45. The highest BCUT2D eigenvalue weighted by molar-refractivity contribution is 6.60. The predicted octanol–water partition coefficient (Wildman–Crippen LogP) is 4.37. The van der Waals surface area contributed by atoms with E-state index in [1.165, 1.54) is 19.3 Å². The largest absolute Gasteiger partial charge is 0.501 e. The van der Waals surface area contributed by atoms with Crippen LogP contribution >= 0.6 is 11.6 Å². The van der Waals surface area contributed by atoms with Crippen molar-refractivity contribution in [3.05, 3.63) is 0 Å². The zero-order chi connectivity index (χ0) is 14.1. The summed E-state index contributed by atoms with van der Waals surface area (Å²) in [7, 11) is -2.53. The van der Waals surface area contributed by atoms with Crippen molar-refractivity contribution in [1.82, 2.24) is 0 Å². The highest BCUT2D eigenvalue weighted by Crippen LogP contribution is 2.29. The van der Waals surface area contributed by atoms with Crippen molar-refractivity contribution in [3.63, 3.8) is 0 Å². The maximum absolute atomic E-state index is 6.48. The van der Waals surface area contributed by atoms with Gasteiger partial charge in [0.15, 0.2) is 0 Å². The van der Waals surface area contributed by atoms with Gasteiger partial charge in [-0.3, -0.25) is 0 Å². The van der Waals surface area contributed by atoms with Crippen molar-refractivity contribution >= 4 is 20.4 Å². The summed E-state index contributed by atoms with van der Waals surface area (Å²) in [6, 6.07) is 0.884. The molecule has 0 saturated heterocycles. The molecule has 19 heavy (non-hydrogen) atoms. The van der Waals surface area contributed by atoms with E-state index in [9.17, 15) is 0 Å². The highest BCUT2D eigenvalue weighted by Gasteiger charge is 2.43. The molecule has 2 unspecified atom stereocenters. The first kappa shape index (κ1) is 17.4. The molecule has 0 heterocycles. The molecule has 1 saturated carbocycles. The lowest BCUT2D eigenvalue weighted by atomic mass is 10.1. The Labute approximate surface area is 124 Å². The van der Waals surface area contributed by atoms with E-state index < -0.39 is 8.80 Å². The number of rotatable bonds is 8. The molecule has 0 aliphatic heterocycles. The van der Waals surface area contributed by atoms with Gasteiger partial charge in [-0.05, 0) is 26.7 Å². The lowest BCUT2D eigenvalue weighted by Gasteiger charge is -2.34. The van der Waals surface area contributed by atoms with Gasteiger partial charge >= 0.3 is 8.80 Å². The van der Waals surface area contributed by atoms with Crippen LogP contribution in [0.4, 0.5) is 0 Å². The molecule has 0 aromatic heterocycles. The minimum Gasteiger partial charge on any atom is -0.374 e. The molecule has 0 radical (unpaired) electrons. The molecule has 5 heteroatoms. The van der Waals surface area contributed by atoms with Crippen LogP contribution in [0.25, 0.3) is 0 Å². The Hall–Kier alpha value is 0.387. The van der Waals surface area contributed by atoms with Gasteiger partial charge in [0.2, 0.25) is 0 Å². The molecule has 0 aromatic rings. The molecule has 0 bridgehead atoms. The first-order valence-corrected chi connectivity index (χ1v) is 10.1. The first-order valence-electron chi connectivity index (χ1n) is 7.77. The van der Waals surface area contributed by atoms with Crippen LogP contribution in [-0.4, -0.2) is 33.5 Å². The number of hydrogen-bond donors (Lipinski definition) is 0. The molecular formula is C14H29ClO3Si. The Balaban J connectivity index is 2.72. The van der Waals surface area contributed by atoms with Crippen LogP contribution in [0.3, 0.4) is 0 Å². The molecule has 0 spiro atoms. The Bertz CT molecular complexity index is 224. The molecule has 3 nitrogen and oxygen atoms in total. The summed E-state index contributed by atoms with van der Waals surface area (Å²) in [5.74, 6) is 0. The van der Waals surface area contributed by atoms with E-state index in [1.807, 2.05) is 13.8 Å². The van der Waals surface area contributed by atoms with Crippen molar-refractivity contribution in [1.29, 1.82) is 0 Å². The monoisotopic (exact) mass is 308 g/mol. The van der Waals surface area contributed by atoms with Crippen molar-refractivity contribution in [3.8, 4) is 0 Å². The maximum atomic E-state index is 6.48. The standard InChI is InChI=1S/C14H29ClO3Si/c1-4-12-19(16-5-2,17-6-3)18-14-11-9-7-8-10-13(14)15/h13-14H,4-12H2,1-3H3. The van der Waals surface area contributed by atoms with E-state index >= 15 is 0 Å². The van der Waals surface area contributed by atoms with Crippen LogP contribution in [0.1, 0.15) is 59.3 Å². The average molecular weight is 309 g/mol. The third-order valence-electron chi connectivity index (χ3n) is 3.49. The Morgan fingerprint density at radius 1 is 1.00 bits per heavy atom. The zero-order valence-electron chi connectivity index (χ0n) is 12.6. The fourth-order valence-corrected chi connectivity index (χ4v) is 5.93. The molecule has 114 valence electrons. The second-order valence-electron chi connectivity index (χ2n) is 5.11. The smallest absolute Gasteiger partial charge is 0.374 e. The summed E-state index contributed by atoms with van der Waals surface area (Å²) in [4.78, 5) is 0. The molecule has 0 N–H and O–H groups in total. The Kier molecular flexibility index (Phi) is 8.58. The van der Waals surface area contributed by atoms with Gasteiger partial charge in [0.05, 0.1) is 11.5 Å². The summed E-state index contributed by atoms with van der Waals surface area (Å²) in [5, 5.41) is 0.104. The van der Waals surface area contributed by atoms with Crippen LogP contribution in [0.15, 0.2) is 0 Å². The predicted molar refractivity (Wildman–Crippen MR) is 81.7 cm³/mol. The van der Waals surface area contributed by atoms with E-state index in [0.717, 1.165) is 25.3 Å². The highest BCUT2D eigenvalue weighted by atomic mass is 35.5. The first-order chi connectivity index (χ1) is 9.17. The third-order valence-corrected chi connectivity index (χ3v) is 7.22. The molecular weight excluding hydrogens is 280 g/mol. The van der Waals surface area contributed by atoms with Gasteiger partial charge < -0.3 is 13.3 Å². The lowest BCUT2D eigenvalue weighted by molar-refractivity contribution is 0.0281. The van der Waals surface area contributed by atoms with Gasteiger partial charge in [0, 0.05) is 19.3 Å². The van der Waals surface area contributed by atoms with Gasteiger partial charge in [-0.15, -0.1) is 11.6 Å². The zero-order valence-corrected chi connectivity index (χ0v) is 14.4. The Morgan fingerprint density at radius 2 is 1.63 bits per heavy atom. The van der Waals surface area contributed by atoms with E-state index in [-0.39, 0.29) is 11.5 Å². The minimum absolute atomic E-state index is 0.0977. The number of halogens is 1. The average Bonchev–Trinajstić information content (AvgIpc) is 2.56. The summed E-state index contributed by atoms with van der Waals surface area (Å²) >= 11 is 6.48. The van der Waals surface area contributed by atoms with Crippen molar-refractivity contribution in [2.75, 3.05) is 13.2 Å². The quantitative estimate of drug-likeness (QED) is 0.379. The van der Waals surface area contributed by atoms with Gasteiger partial charge in [-0.25, -0.2) is 0 Å². The number of alkyl halides is 1. The van der Waals surface area contributed by atoms with E-state index in [2.05, 4.69) is 6.92 Å². The summed E-state index contributed by atoms with van der Waals surface area (Å²) in [5.41, 5.74) is 0. The van der Waals surface area contributed by atoms with Gasteiger partial charge in [-0.2, -0.15) is 0 Å². The van der Waals surface area contributed by atoms with Gasteiger partial charge in [0.25, 0.3) is 0 Å². The van der Waals surface area contributed by atoms with E-state index in [0.29, 0.717) is 13.2 Å². The Morgan fingerprint density at radius 3 is 2.21 bits per heavy atom. The van der Waals surface area contributed by atoms with E-state index in [1.54, 1.807) is 0 Å². The van der Waals surface area contributed by atoms with Crippen LogP contribution in [-0.2, 0) is 13.3 Å². The van der Waals surface area contributed by atoms with E-state index in [4.69, 9.17) is 24.9 Å². The lowest BCUT2D eigenvalue weighted by Crippen LogP contribution is -2.50.